The normalized spacial score (nSPS) is 14.4. The van der Waals surface area contributed by atoms with Crippen LogP contribution in [0.5, 0.6) is 0 Å². The van der Waals surface area contributed by atoms with Gasteiger partial charge >= 0.3 is 0 Å². The van der Waals surface area contributed by atoms with Crippen molar-refractivity contribution in [2.45, 2.75) is 83.3 Å². The van der Waals surface area contributed by atoms with Crippen molar-refractivity contribution in [3.63, 3.8) is 0 Å². The van der Waals surface area contributed by atoms with Gasteiger partial charge in [-0.2, -0.15) is 0 Å². The van der Waals surface area contributed by atoms with Crippen molar-refractivity contribution in [1.82, 2.24) is 10.2 Å². The summed E-state index contributed by atoms with van der Waals surface area (Å²) in [5, 5.41) is 4.27. The number of rotatable bonds is 11. The summed E-state index contributed by atoms with van der Waals surface area (Å²) in [4.78, 5) is 29.4. The Morgan fingerprint density at radius 3 is 2.26 bits per heavy atom. The summed E-state index contributed by atoms with van der Waals surface area (Å²) in [5.74, 6) is 0.277. The largest absolute Gasteiger partial charge is 0.352 e. The lowest BCUT2D eigenvalue weighted by Crippen LogP contribution is -2.52. The molecule has 2 amide bonds. The van der Waals surface area contributed by atoms with E-state index in [4.69, 9.17) is 23.2 Å². The fourth-order valence-electron chi connectivity index (χ4n) is 5.22. The minimum absolute atomic E-state index is 0.0727. The average molecular weight is 566 g/mol. The summed E-state index contributed by atoms with van der Waals surface area (Å²) in [6.45, 7) is 4.57. The molecule has 39 heavy (non-hydrogen) atoms. The molecule has 0 spiro atoms. The molecular formula is C33H38Cl2N2O2. The number of benzene rings is 3. The maximum atomic E-state index is 13.9. The molecule has 1 aliphatic rings. The predicted octanol–water partition coefficient (Wildman–Crippen LogP) is 7.75. The van der Waals surface area contributed by atoms with Crippen LogP contribution in [0.4, 0.5) is 0 Å². The molecule has 0 bridgehead atoms. The molecule has 4 rings (SSSR count). The van der Waals surface area contributed by atoms with Crippen LogP contribution in [-0.2, 0) is 29.0 Å². The Labute approximate surface area is 242 Å². The third-order valence-corrected chi connectivity index (χ3v) is 8.19. The smallest absolute Gasteiger partial charge is 0.243 e. The van der Waals surface area contributed by atoms with Crippen LogP contribution < -0.4 is 5.32 Å². The first-order valence-electron chi connectivity index (χ1n) is 14.0. The van der Waals surface area contributed by atoms with Gasteiger partial charge in [0, 0.05) is 35.5 Å². The topological polar surface area (TPSA) is 49.4 Å². The van der Waals surface area contributed by atoms with E-state index >= 15 is 0 Å². The van der Waals surface area contributed by atoms with E-state index in [1.165, 1.54) is 5.56 Å². The van der Waals surface area contributed by atoms with Crippen molar-refractivity contribution in [1.29, 1.82) is 0 Å². The Bertz CT molecular complexity index is 1240. The number of halogens is 2. The number of hydrogen-bond acceptors (Lipinski definition) is 2. The highest BCUT2D eigenvalue weighted by atomic mass is 35.5. The second kappa shape index (κ2) is 14.0. The van der Waals surface area contributed by atoms with Gasteiger partial charge in [-0.05, 0) is 59.6 Å². The minimum Gasteiger partial charge on any atom is -0.352 e. The zero-order valence-corrected chi connectivity index (χ0v) is 24.3. The highest BCUT2D eigenvalue weighted by Gasteiger charge is 2.32. The second-order valence-electron chi connectivity index (χ2n) is 10.8. The summed E-state index contributed by atoms with van der Waals surface area (Å²) in [6, 6.07) is 23.1. The summed E-state index contributed by atoms with van der Waals surface area (Å²) in [7, 11) is 0. The molecule has 0 saturated heterocycles. The van der Waals surface area contributed by atoms with Crippen LogP contribution in [0, 0.1) is 0 Å². The van der Waals surface area contributed by atoms with Crippen LogP contribution in [0.3, 0.4) is 0 Å². The van der Waals surface area contributed by atoms with Crippen molar-refractivity contribution in [2.75, 3.05) is 0 Å². The fourth-order valence-corrected chi connectivity index (χ4v) is 5.69. The Morgan fingerprint density at radius 1 is 0.923 bits per heavy atom. The summed E-state index contributed by atoms with van der Waals surface area (Å²) in [6.07, 6.45) is 5.53. The number of amides is 2. The highest BCUT2D eigenvalue weighted by Crippen LogP contribution is 2.26. The quantitative estimate of drug-likeness (QED) is 0.259. The predicted molar refractivity (Wildman–Crippen MR) is 160 cm³/mol. The van der Waals surface area contributed by atoms with Crippen LogP contribution in [0.2, 0.25) is 10.0 Å². The molecular weight excluding hydrogens is 527 g/mol. The monoisotopic (exact) mass is 564 g/mol. The van der Waals surface area contributed by atoms with E-state index in [1.807, 2.05) is 36.4 Å². The van der Waals surface area contributed by atoms with E-state index in [1.54, 1.807) is 17.0 Å². The molecule has 206 valence electrons. The molecule has 1 N–H and O–H groups in total. The van der Waals surface area contributed by atoms with Gasteiger partial charge in [0.2, 0.25) is 11.8 Å². The van der Waals surface area contributed by atoms with Crippen molar-refractivity contribution in [3.05, 3.63) is 105 Å². The molecule has 0 heterocycles. The van der Waals surface area contributed by atoms with Crippen molar-refractivity contribution < 1.29 is 9.59 Å². The molecule has 3 aromatic carbocycles. The molecule has 0 radical (unpaired) electrons. The summed E-state index contributed by atoms with van der Waals surface area (Å²) >= 11 is 12.7. The number of carbonyl (C=O) groups is 2. The Hall–Kier alpha value is -2.82. The van der Waals surface area contributed by atoms with E-state index in [-0.39, 0.29) is 24.4 Å². The van der Waals surface area contributed by atoms with E-state index in [0.29, 0.717) is 35.2 Å². The van der Waals surface area contributed by atoms with Gasteiger partial charge in [-0.3, -0.25) is 9.59 Å². The van der Waals surface area contributed by atoms with E-state index in [0.717, 1.165) is 42.4 Å². The molecule has 1 fully saturated rings. The zero-order chi connectivity index (χ0) is 27.8. The number of nitrogens with zero attached hydrogens (tertiary/aromatic N) is 1. The molecule has 4 nitrogen and oxygen atoms in total. The van der Waals surface area contributed by atoms with Crippen molar-refractivity contribution >= 4 is 35.0 Å². The van der Waals surface area contributed by atoms with E-state index in [2.05, 4.69) is 43.4 Å². The molecule has 1 aliphatic carbocycles. The Morgan fingerprint density at radius 2 is 1.62 bits per heavy atom. The zero-order valence-electron chi connectivity index (χ0n) is 22.8. The third-order valence-electron chi connectivity index (χ3n) is 7.60. The number of carbonyl (C=O) groups excluding carboxylic acids is 2. The number of hydrogen-bond donors (Lipinski definition) is 1. The van der Waals surface area contributed by atoms with Crippen molar-refractivity contribution in [3.8, 4) is 0 Å². The molecule has 0 aromatic heterocycles. The third kappa shape index (κ3) is 8.33. The Kier molecular flexibility index (Phi) is 10.5. The van der Waals surface area contributed by atoms with Gasteiger partial charge in [0.05, 0.1) is 0 Å². The van der Waals surface area contributed by atoms with Crippen LogP contribution in [0.25, 0.3) is 0 Å². The second-order valence-corrected chi connectivity index (χ2v) is 11.7. The molecule has 1 unspecified atom stereocenters. The lowest BCUT2D eigenvalue weighted by Gasteiger charge is -2.32. The van der Waals surface area contributed by atoms with Crippen LogP contribution in [0.1, 0.15) is 74.1 Å². The standard InChI is InChI=1S/C33H38Cl2N2O2/c1-23(2)26-15-12-24(13-16-26)14-19-32(38)37(22-27-17-18-28(34)21-30(27)35)31(20-25-8-4-3-5-9-25)33(39)36-29-10-6-7-11-29/h3-5,8-9,12-13,15-18,21,23,29,31H,6-7,10-11,14,19-20,22H2,1-2H3,(H,36,39). The highest BCUT2D eigenvalue weighted by molar-refractivity contribution is 6.35. The number of aryl methyl sites for hydroxylation is 1. The summed E-state index contributed by atoms with van der Waals surface area (Å²) in [5.41, 5.74) is 4.15. The van der Waals surface area contributed by atoms with Crippen LogP contribution >= 0.6 is 23.2 Å². The Balaban J connectivity index is 1.61. The van der Waals surface area contributed by atoms with Gasteiger partial charge < -0.3 is 10.2 Å². The molecule has 3 aromatic rings. The van der Waals surface area contributed by atoms with Crippen LogP contribution in [-0.4, -0.2) is 28.8 Å². The minimum atomic E-state index is -0.657. The average Bonchev–Trinajstić information content (AvgIpc) is 3.44. The summed E-state index contributed by atoms with van der Waals surface area (Å²) < 4.78 is 0. The van der Waals surface area contributed by atoms with Gasteiger partial charge in [0.25, 0.3) is 0 Å². The first-order chi connectivity index (χ1) is 18.8. The van der Waals surface area contributed by atoms with E-state index in [9.17, 15) is 9.59 Å². The molecule has 0 aliphatic heterocycles. The van der Waals surface area contributed by atoms with Gasteiger partial charge in [0.1, 0.15) is 6.04 Å². The van der Waals surface area contributed by atoms with Crippen LogP contribution in [0.15, 0.2) is 72.8 Å². The van der Waals surface area contributed by atoms with Gasteiger partial charge in [-0.1, -0.05) is 111 Å². The van der Waals surface area contributed by atoms with Gasteiger partial charge in [-0.25, -0.2) is 0 Å². The lowest BCUT2D eigenvalue weighted by molar-refractivity contribution is -0.141. The molecule has 1 atom stereocenters. The van der Waals surface area contributed by atoms with Gasteiger partial charge in [-0.15, -0.1) is 0 Å². The maximum Gasteiger partial charge on any atom is 0.243 e. The van der Waals surface area contributed by atoms with Gasteiger partial charge in [0.15, 0.2) is 0 Å². The SMILES string of the molecule is CC(C)c1ccc(CCC(=O)N(Cc2ccc(Cl)cc2Cl)C(Cc2ccccc2)C(=O)NC2CCCC2)cc1. The maximum absolute atomic E-state index is 13.9. The fraction of sp³-hybridized carbons (Fsp3) is 0.394. The van der Waals surface area contributed by atoms with E-state index < -0.39 is 6.04 Å². The molecule has 6 heteroatoms. The number of nitrogens with one attached hydrogen (secondary N) is 1. The van der Waals surface area contributed by atoms with Crippen molar-refractivity contribution in [2.24, 2.45) is 0 Å². The first kappa shape index (κ1) is 29.2. The molecule has 1 saturated carbocycles. The first-order valence-corrected chi connectivity index (χ1v) is 14.7. The lowest BCUT2D eigenvalue weighted by atomic mass is 9.99.